The third kappa shape index (κ3) is 7.36. The summed E-state index contributed by atoms with van der Waals surface area (Å²) in [6.45, 7) is 10.2. The molecule has 0 unspecified atom stereocenters. The minimum Gasteiger partial charge on any atom is -0.472 e. The summed E-state index contributed by atoms with van der Waals surface area (Å²) in [5.41, 5.74) is -0.900. The molecule has 11 nitrogen and oxygen atoms in total. The first-order valence-electron chi connectivity index (χ1n) is 17.6. The molecule has 1 aromatic heterocycles. The largest absolute Gasteiger partial charge is 0.472 e. The van der Waals surface area contributed by atoms with Gasteiger partial charge in [-0.15, -0.1) is 6.58 Å². The molecule has 5 atom stereocenters. The van der Waals surface area contributed by atoms with Gasteiger partial charge in [0.1, 0.15) is 6.10 Å². The number of sulfonamides is 1. The summed E-state index contributed by atoms with van der Waals surface area (Å²) in [5, 5.41) is 1.15. The molecule has 1 N–H and O–H groups in total. The molecule has 6 rings (SSSR count). The van der Waals surface area contributed by atoms with Crippen molar-refractivity contribution in [1.82, 2.24) is 19.5 Å². The van der Waals surface area contributed by atoms with Crippen LogP contribution in [0.1, 0.15) is 77.7 Å². The first kappa shape index (κ1) is 35.8. The molecule has 0 spiro atoms. The maximum Gasteiger partial charge on any atom is 0.240 e. The molecule has 0 radical (unpaired) electrons. The van der Waals surface area contributed by atoms with Gasteiger partial charge in [-0.1, -0.05) is 51.1 Å². The Morgan fingerprint density at radius 2 is 1.94 bits per heavy atom. The number of ketones is 1. The lowest BCUT2D eigenvalue weighted by Gasteiger charge is -2.35. The van der Waals surface area contributed by atoms with E-state index in [0.717, 1.165) is 29.2 Å². The van der Waals surface area contributed by atoms with Crippen LogP contribution in [0.4, 0.5) is 0 Å². The molecule has 1 aromatic carbocycles. The van der Waals surface area contributed by atoms with Gasteiger partial charge in [-0.25, -0.2) is 13.4 Å². The van der Waals surface area contributed by atoms with Gasteiger partial charge >= 0.3 is 0 Å². The zero-order valence-corrected chi connectivity index (χ0v) is 30.2. The second kappa shape index (κ2) is 13.6. The van der Waals surface area contributed by atoms with E-state index in [0.29, 0.717) is 25.3 Å². The lowest BCUT2D eigenvalue weighted by Crippen LogP contribution is -2.49. The first-order valence-corrected chi connectivity index (χ1v) is 19.2. The molecule has 3 heterocycles. The average Bonchev–Trinajstić information content (AvgIpc) is 3.99. The summed E-state index contributed by atoms with van der Waals surface area (Å²) >= 11 is 0. The van der Waals surface area contributed by atoms with E-state index in [1.54, 1.807) is 24.2 Å². The van der Waals surface area contributed by atoms with Crippen LogP contribution in [0, 0.1) is 22.7 Å². The number of allylic oxidation sites excluding steroid dienone is 2. The van der Waals surface area contributed by atoms with Gasteiger partial charge in [0.2, 0.25) is 33.6 Å². The molecular weight excluding hydrogens is 657 g/mol. The smallest absolute Gasteiger partial charge is 0.240 e. The predicted molar refractivity (Wildman–Crippen MR) is 190 cm³/mol. The summed E-state index contributed by atoms with van der Waals surface area (Å²) in [6.07, 6.45) is 9.47. The second-order valence-corrected chi connectivity index (χ2v) is 17.5. The highest BCUT2D eigenvalue weighted by atomic mass is 32.2. The molecule has 50 heavy (non-hydrogen) atoms. The van der Waals surface area contributed by atoms with Crippen molar-refractivity contribution in [2.45, 2.75) is 89.5 Å². The van der Waals surface area contributed by atoms with Crippen molar-refractivity contribution in [3.05, 3.63) is 54.8 Å². The zero-order chi connectivity index (χ0) is 36.0. The second-order valence-electron chi connectivity index (χ2n) is 15.6. The van der Waals surface area contributed by atoms with Crippen molar-refractivity contribution in [2.24, 2.45) is 22.7 Å². The topological polar surface area (TPSA) is 143 Å². The molecule has 4 aliphatic rings. The standard InChI is InChI=1S/C38H48N4O7S/c1-6-26-21-38(26,36(46)40-50(47,48)28-13-14-28)22-32(43)31-19-27-23-42(31)35(45)30(37(2,3)4)20-33(44)41(5)17-9-7-8-10-24-11-12-25-15-16-39-34(49-27)29(25)18-24/h6,8,10-12,15-16,18,26-28,30-31H,1,7,9,13-14,17,19-23H2,2-5H3,(H,40,46)/b10-8+/t26-,27-,30-,31+,38-/m1/s1. The van der Waals surface area contributed by atoms with E-state index in [1.165, 1.54) is 4.90 Å². The van der Waals surface area contributed by atoms with Crippen LogP contribution in [0.25, 0.3) is 16.8 Å². The Hall–Kier alpha value is -4.06. The monoisotopic (exact) mass is 704 g/mol. The number of nitrogens with zero attached hydrogens (tertiary/aromatic N) is 3. The molecule has 2 aromatic rings. The summed E-state index contributed by atoms with van der Waals surface area (Å²) < 4.78 is 34.2. The number of fused-ring (bicyclic) bond motifs is 3. The Morgan fingerprint density at radius 1 is 1.18 bits per heavy atom. The maximum absolute atomic E-state index is 14.6. The highest BCUT2D eigenvalue weighted by Crippen LogP contribution is 2.57. The predicted octanol–water partition coefficient (Wildman–Crippen LogP) is 4.66. The number of carbonyl (C=O) groups excluding carboxylic acids is 4. The first-order chi connectivity index (χ1) is 23.6. The Labute approximate surface area is 294 Å². The maximum atomic E-state index is 14.6. The zero-order valence-electron chi connectivity index (χ0n) is 29.4. The quantitative estimate of drug-likeness (QED) is 0.410. The van der Waals surface area contributed by atoms with E-state index < -0.39 is 50.1 Å². The van der Waals surface area contributed by atoms with E-state index in [9.17, 15) is 27.6 Å². The highest BCUT2D eigenvalue weighted by molar-refractivity contribution is 7.90. The van der Waals surface area contributed by atoms with E-state index in [1.807, 2.05) is 51.1 Å². The van der Waals surface area contributed by atoms with Crippen LogP contribution in [0.2, 0.25) is 0 Å². The van der Waals surface area contributed by atoms with Crippen LogP contribution < -0.4 is 9.46 Å². The number of amides is 3. The molecule has 12 heteroatoms. The van der Waals surface area contributed by atoms with Gasteiger partial charge in [-0.05, 0) is 66.5 Å². The van der Waals surface area contributed by atoms with Crippen molar-refractivity contribution in [2.75, 3.05) is 20.1 Å². The van der Waals surface area contributed by atoms with Crippen molar-refractivity contribution in [3.8, 4) is 5.88 Å². The SMILES string of the molecule is C=C[C@@H]1C[C@]1(CC(=O)[C@@H]1C[C@@H]2CN1C(=O)[C@H](C(C)(C)C)CC(=O)N(C)CCC/C=C/c1ccc3ccnc(c3c1)O2)C(=O)NS(=O)(=O)C1CC1. The number of hydrogen-bond acceptors (Lipinski definition) is 8. The van der Waals surface area contributed by atoms with E-state index in [2.05, 4.69) is 22.4 Å². The number of aromatic nitrogens is 1. The fourth-order valence-electron chi connectivity index (χ4n) is 7.34. The van der Waals surface area contributed by atoms with Gasteiger partial charge in [-0.3, -0.25) is 23.9 Å². The normalized spacial score (nSPS) is 28.5. The van der Waals surface area contributed by atoms with Crippen LogP contribution >= 0.6 is 0 Å². The van der Waals surface area contributed by atoms with Crippen molar-refractivity contribution >= 4 is 50.4 Å². The van der Waals surface area contributed by atoms with Gasteiger partial charge < -0.3 is 14.5 Å². The van der Waals surface area contributed by atoms with Gasteiger partial charge in [0, 0.05) is 44.4 Å². The summed E-state index contributed by atoms with van der Waals surface area (Å²) in [6, 6.07) is 6.97. The molecule has 4 bridgehead atoms. The van der Waals surface area contributed by atoms with Crippen LogP contribution in [-0.4, -0.2) is 84.2 Å². The minimum atomic E-state index is -3.83. The van der Waals surface area contributed by atoms with Gasteiger partial charge in [0.15, 0.2) is 5.78 Å². The number of ether oxygens (including phenoxy) is 1. The summed E-state index contributed by atoms with van der Waals surface area (Å²) in [7, 11) is -2.08. The number of carbonyl (C=O) groups is 4. The Bertz CT molecular complexity index is 1850. The molecule has 2 saturated carbocycles. The van der Waals surface area contributed by atoms with E-state index in [-0.39, 0.29) is 55.7 Å². The van der Waals surface area contributed by atoms with Gasteiger partial charge in [-0.2, -0.15) is 0 Å². The molecule has 2 aliphatic heterocycles. The van der Waals surface area contributed by atoms with Gasteiger partial charge in [0.25, 0.3) is 0 Å². The molecular formula is C38H48N4O7S. The lowest BCUT2D eigenvalue weighted by molar-refractivity contribution is -0.148. The number of benzene rings is 1. The lowest BCUT2D eigenvalue weighted by atomic mass is 9.77. The Morgan fingerprint density at radius 3 is 2.62 bits per heavy atom. The molecule has 3 fully saturated rings. The van der Waals surface area contributed by atoms with E-state index >= 15 is 0 Å². The molecule has 2 aliphatic carbocycles. The third-order valence-electron chi connectivity index (χ3n) is 10.8. The Kier molecular flexibility index (Phi) is 9.71. The fourth-order valence-corrected chi connectivity index (χ4v) is 8.72. The summed E-state index contributed by atoms with van der Waals surface area (Å²) in [5.74, 6) is -2.25. The average molecular weight is 705 g/mol. The van der Waals surface area contributed by atoms with Crippen LogP contribution in [0.3, 0.4) is 0 Å². The van der Waals surface area contributed by atoms with Crippen LogP contribution in [-0.2, 0) is 29.2 Å². The molecule has 268 valence electrons. The van der Waals surface area contributed by atoms with Crippen molar-refractivity contribution < 1.29 is 32.3 Å². The number of nitrogens with one attached hydrogen (secondary N) is 1. The molecule has 1 saturated heterocycles. The fraction of sp³-hybridized carbons (Fsp3) is 0.553. The minimum absolute atomic E-state index is 0.0209. The number of pyridine rings is 1. The van der Waals surface area contributed by atoms with Crippen LogP contribution in [0.5, 0.6) is 5.88 Å². The van der Waals surface area contributed by atoms with Crippen molar-refractivity contribution in [1.29, 1.82) is 0 Å². The van der Waals surface area contributed by atoms with Crippen LogP contribution in [0.15, 0.2) is 49.2 Å². The van der Waals surface area contributed by atoms with Gasteiger partial charge in [0.05, 0.1) is 29.2 Å². The highest BCUT2D eigenvalue weighted by Gasteiger charge is 2.61. The number of rotatable bonds is 7. The third-order valence-corrected chi connectivity index (χ3v) is 12.6. The number of Topliss-reactive ketones (excluding diaryl/α,β-unsaturated/α-hetero) is 1. The Balaban J connectivity index is 1.34. The molecule has 3 amide bonds. The number of hydrogen-bond donors (Lipinski definition) is 1. The van der Waals surface area contributed by atoms with Crippen molar-refractivity contribution in [3.63, 3.8) is 0 Å². The van der Waals surface area contributed by atoms with E-state index in [4.69, 9.17) is 4.74 Å². The summed E-state index contributed by atoms with van der Waals surface area (Å²) in [4.78, 5) is 63.7.